The Balaban J connectivity index is 2.09. The van der Waals surface area contributed by atoms with Gasteiger partial charge in [0.05, 0.1) is 0 Å². The fraction of sp³-hybridized carbons (Fsp3) is 0.933. The van der Waals surface area contributed by atoms with E-state index in [2.05, 4.69) is 5.32 Å². The Morgan fingerprint density at radius 2 is 1.68 bits per heavy atom. The van der Waals surface area contributed by atoms with Crippen LogP contribution in [0.3, 0.4) is 0 Å². The smallest absolute Gasteiger partial charge is 0.407 e. The summed E-state index contributed by atoms with van der Waals surface area (Å²) >= 11 is 0. The average molecular weight is 270 g/mol. The van der Waals surface area contributed by atoms with E-state index in [1.165, 1.54) is 32.1 Å². The van der Waals surface area contributed by atoms with Crippen molar-refractivity contribution in [2.24, 2.45) is 17.6 Å². The van der Waals surface area contributed by atoms with Crippen molar-refractivity contribution in [2.75, 3.05) is 13.1 Å². The van der Waals surface area contributed by atoms with Gasteiger partial charge in [-0.1, -0.05) is 25.7 Å². The van der Waals surface area contributed by atoms with E-state index in [9.17, 15) is 4.79 Å². The first-order chi connectivity index (χ1) is 8.90. The van der Waals surface area contributed by atoms with Gasteiger partial charge in [-0.2, -0.15) is 0 Å². The summed E-state index contributed by atoms with van der Waals surface area (Å²) in [5.74, 6) is 1.59. The van der Waals surface area contributed by atoms with Crippen molar-refractivity contribution in [1.82, 2.24) is 5.32 Å². The van der Waals surface area contributed by atoms with E-state index in [4.69, 9.17) is 10.5 Å². The molecule has 0 spiro atoms. The van der Waals surface area contributed by atoms with Crippen molar-refractivity contribution >= 4 is 6.09 Å². The third-order valence-electron chi connectivity index (χ3n) is 3.76. The monoisotopic (exact) mass is 270 g/mol. The summed E-state index contributed by atoms with van der Waals surface area (Å²) < 4.78 is 5.21. The topological polar surface area (TPSA) is 64.3 Å². The number of alkyl carbamates (subject to hydrolysis) is 1. The van der Waals surface area contributed by atoms with E-state index < -0.39 is 5.60 Å². The van der Waals surface area contributed by atoms with Crippen molar-refractivity contribution in [3.63, 3.8) is 0 Å². The maximum Gasteiger partial charge on any atom is 0.407 e. The molecule has 4 nitrogen and oxygen atoms in total. The lowest BCUT2D eigenvalue weighted by Gasteiger charge is -2.28. The zero-order valence-electron chi connectivity index (χ0n) is 12.7. The number of rotatable bonds is 5. The Hall–Kier alpha value is -0.770. The van der Waals surface area contributed by atoms with Gasteiger partial charge in [-0.15, -0.1) is 0 Å². The predicted molar refractivity (Wildman–Crippen MR) is 78.0 cm³/mol. The van der Waals surface area contributed by atoms with Crippen LogP contribution in [0.4, 0.5) is 4.79 Å². The Labute approximate surface area is 117 Å². The standard InChI is InChI=1S/C15H30N2O2/c1-15(2,3)19-14(18)17-11-9-13-6-4-12(5-7-13)8-10-16/h12-13H,4-11,16H2,1-3H3,(H,17,18). The molecular weight excluding hydrogens is 240 g/mol. The largest absolute Gasteiger partial charge is 0.444 e. The second-order valence-electron chi connectivity index (χ2n) is 6.68. The summed E-state index contributed by atoms with van der Waals surface area (Å²) in [5, 5.41) is 2.84. The van der Waals surface area contributed by atoms with E-state index >= 15 is 0 Å². The summed E-state index contributed by atoms with van der Waals surface area (Å²) in [4.78, 5) is 11.5. The van der Waals surface area contributed by atoms with Gasteiger partial charge in [0.1, 0.15) is 5.60 Å². The van der Waals surface area contributed by atoms with Crippen LogP contribution < -0.4 is 11.1 Å². The Bertz CT molecular complexity index is 266. The molecule has 1 aliphatic rings. The van der Waals surface area contributed by atoms with E-state index in [-0.39, 0.29) is 6.09 Å². The van der Waals surface area contributed by atoms with Crippen LogP contribution in [0.5, 0.6) is 0 Å². The molecule has 0 aromatic heterocycles. The molecule has 0 aromatic rings. The maximum atomic E-state index is 11.5. The van der Waals surface area contributed by atoms with Gasteiger partial charge in [0, 0.05) is 6.54 Å². The van der Waals surface area contributed by atoms with Gasteiger partial charge in [-0.25, -0.2) is 4.79 Å². The molecule has 1 amide bonds. The number of ether oxygens (including phenoxy) is 1. The highest BCUT2D eigenvalue weighted by Crippen LogP contribution is 2.31. The molecule has 0 unspecified atom stereocenters. The van der Waals surface area contributed by atoms with Crippen molar-refractivity contribution in [1.29, 1.82) is 0 Å². The second kappa shape index (κ2) is 7.73. The fourth-order valence-corrected chi connectivity index (χ4v) is 2.74. The van der Waals surface area contributed by atoms with Gasteiger partial charge >= 0.3 is 6.09 Å². The zero-order valence-corrected chi connectivity index (χ0v) is 12.7. The van der Waals surface area contributed by atoms with Crippen LogP contribution in [0, 0.1) is 11.8 Å². The molecule has 1 fully saturated rings. The minimum absolute atomic E-state index is 0.302. The van der Waals surface area contributed by atoms with Crippen molar-refractivity contribution in [3.8, 4) is 0 Å². The highest BCUT2D eigenvalue weighted by Gasteiger charge is 2.21. The summed E-state index contributed by atoms with van der Waals surface area (Å²) in [5.41, 5.74) is 5.18. The third kappa shape index (κ3) is 7.41. The minimum Gasteiger partial charge on any atom is -0.444 e. The highest BCUT2D eigenvalue weighted by atomic mass is 16.6. The van der Waals surface area contributed by atoms with Gasteiger partial charge in [0.15, 0.2) is 0 Å². The van der Waals surface area contributed by atoms with Crippen LogP contribution >= 0.6 is 0 Å². The number of nitrogens with one attached hydrogen (secondary N) is 1. The Morgan fingerprint density at radius 3 is 2.16 bits per heavy atom. The molecule has 3 N–H and O–H groups in total. The van der Waals surface area contributed by atoms with Crippen molar-refractivity contribution < 1.29 is 9.53 Å². The average Bonchev–Trinajstić information content (AvgIpc) is 2.29. The summed E-state index contributed by atoms with van der Waals surface area (Å²) in [7, 11) is 0. The lowest BCUT2D eigenvalue weighted by Crippen LogP contribution is -2.33. The molecule has 0 bridgehead atoms. The van der Waals surface area contributed by atoms with Crippen LogP contribution in [0.15, 0.2) is 0 Å². The maximum absolute atomic E-state index is 11.5. The minimum atomic E-state index is -0.412. The van der Waals surface area contributed by atoms with Crippen LogP contribution in [0.25, 0.3) is 0 Å². The number of amides is 1. The Morgan fingerprint density at radius 1 is 1.16 bits per heavy atom. The van der Waals surface area contributed by atoms with E-state index in [0.717, 1.165) is 31.3 Å². The van der Waals surface area contributed by atoms with Crippen LogP contribution in [-0.4, -0.2) is 24.8 Å². The van der Waals surface area contributed by atoms with E-state index in [1.807, 2.05) is 20.8 Å². The SMILES string of the molecule is CC(C)(C)OC(=O)NCCC1CCC(CCN)CC1. The lowest BCUT2D eigenvalue weighted by atomic mass is 9.79. The quantitative estimate of drug-likeness (QED) is 0.807. The van der Waals surface area contributed by atoms with Crippen molar-refractivity contribution in [3.05, 3.63) is 0 Å². The number of carbonyl (C=O) groups is 1. The number of carbonyl (C=O) groups excluding carboxylic acids is 1. The number of hydrogen-bond acceptors (Lipinski definition) is 3. The van der Waals surface area contributed by atoms with E-state index in [0.29, 0.717) is 0 Å². The first kappa shape index (κ1) is 16.3. The molecule has 0 atom stereocenters. The molecule has 1 aliphatic carbocycles. The normalized spacial score (nSPS) is 24.0. The van der Waals surface area contributed by atoms with Crippen LogP contribution in [0.2, 0.25) is 0 Å². The third-order valence-corrected chi connectivity index (χ3v) is 3.76. The summed E-state index contributed by atoms with van der Waals surface area (Å²) in [6, 6.07) is 0. The molecular formula is C15H30N2O2. The second-order valence-corrected chi connectivity index (χ2v) is 6.68. The van der Waals surface area contributed by atoms with E-state index in [1.54, 1.807) is 0 Å². The van der Waals surface area contributed by atoms with Gasteiger partial charge < -0.3 is 15.8 Å². The molecule has 112 valence electrons. The molecule has 19 heavy (non-hydrogen) atoms. The van der Waals surface area contributed by atoms with Gasteiger partial charge in [-0.05, 0) is 52.0 Å². The molecule has 1 rings (SSSR count). The molecule has 0 heterocycles. The predicted octanol–water partition coefficient (Wildman–Crippen LogP) is 3.06. The van der Waals surface area contributed by atoms with Crippen molar-refractivity contribution in [2.45, 2.75) is 64.9 Å². The fourth-order valence-electron chi connectivity index (χ4n) is 2.74. The van der Waals surface area contributed by atoms with Crippen LogP contribution in [0.1, 0.15) is 59.3 Å². The van der Waals surface area contributed by atoms with Crippen LogP contribution in [-0.2, 0) is 4.74 Å². The first-order valence-electron chi connectivity index (χ1n) is 7.57. The number of nitrogens with two attached hydrogens (primary N) is 1. The summed E-state index contributed by atoms with van der Waals surface area (Å²) in [6.45, 7) is 7.18. The molecule has 1 saturated carbocycles. The summed E-state index contributed by atoms with van der Waals surface area (Å²) in [6.07, 6.45) is 7.09. The molecule has 0 aliphatic heterocycles. The Kier molecular flexibility index (Phi) is 6.63. The highest BCUT2D eigenvalue weighted by molar-refractivity contribution is 5.67. The lowest BCUT2D eigenvalue weighted by molar-refractivity contribution is 0.0523. The number of hydrogen-bond donors (Lipinski definition) is 2. The molecule has 0 radical (unpaired) electrons. The molecule has 4 heteroatoms. The van der Waals surface area contributed by atoms with Gasteiger partial charge in [0.25, 0.3) is 0 Å². The van der Waals surface area contributed by atoms with Gasteiger partial charge in [-0.3, -0.25) is 0 Å². The van der Waals surface area contributed by atoms with Gasteiger partial charge in [0.2, 0.25) is 0 Å². The first-order valence-corrected chi connectivity index (χ1v) is 7.57. The molecule has 0 saturated heterocycles. The zero-order chi connectivity index (χ0) is 14.3. The molecule has 0 aromatic carbocycles.